The lowest BCUT2D eigenvalue weighted by Crippen LogP contribution is -2.36. The molecule has 1 N–H and O–H groups in total. The van der Waals surface area contributed by atoms with Crippen molar-refractivity contribution in [3.8, 4) is 17.3 Å². The zero-order chi connectivity index (χ0) is 25.2. The maximum Gasteiger partial charge on any atom is 0.227 e. The van der Waals surface area contributed by atoms with E-state index in [1.807, 2.05) is 11.8 Å². The van der Waals surface area contributed by atoms with Gasteiger partial charge in [0.25, 0.3) is 0 Å². The first-order valence-electron chi connectivity index (χ1n) is 11.3. The Morgan fingerprint density at radius 1 is 1.11 bits per heavy atom. The Morgan fingerprint density at radius 3 is 2.40 bits per heavy atom. The van der Waals surface area contributed by atoms with E-state index >= 15 is 0 Å². The van der Waals surface area contributed by atoms with Crippen LogP contribution in [0.1, 0.15) is 11.3 Å². The number of aryl methyl sites for hydroxylation is 1. The smallest absolute Gasteiger partial charge is 0.227 e. The molecule has 0 saturated carbocycles. The Kier molecular flexibility index (Phi) is 9.92. The molecule has 0 bridgehead atoms. The van der Waals surface area contributed by atoms with Gasteiger partial charge in [0.2, 0.25) is 5.88 Å². The third-order valence-electron chi connectivity index (χ3n) is 5.24. The predicted octanol–water partition coefficient (Wildman–Crippen LogP) is 4.26. The first kappa shape index (κ1) is 26.5. The molecule has 3 aromatic rings. The molecule has 1 aromatic heterocycles. The second kappa shape index (κ2) is 13.1. The number of aliphatic hydroxyl groups excluding tert-OH is 1. The summed E-state index contributed by atoms with van der Waals surface area (Å²) >= 11 is 0. The summed E-state index contributed by atoms with van der Waals surface area (Å²) in [6, 6.07) is 11.6. The molecule has 0 radical (unpaired) electrons. The molecule has 0 spiro atoms. The predicted molar refractivity (Wildman–Crippen MR) is 129 cm³/mol. The van der Waals surface area contributed by atoms with Crippen molar-refractivity contribution in [1.29, 1.82) is 0 Å². The molecule has 3 rings (SSSR count). The summed E-state index contributed by atoms with van der Waals surface area (Å²) in [5.41, 5.74) is 2.08. The van der Waals surface area contributed by atoms with Gasteiger partial charge in [-0.3, -0.25) is 4.90 Å². The van der Waals surface area contributed by atoms with Crippen molar-refractivity contribution in [2.75, 3.05) is 40.0 Å². The highest BCUT2D eigenvalue weighted by molar-refractivity contribution is 5.43. The Bertz CT molecular complexity index is 1070. The summed E-state index contributed by atoms with van der Waals surface area (Å²) in [7, 11) is 1.61. The van der Waals surface area contributed by atoms with Gasteiger partial charge in [-0.1, -0.05) is 6.08 Å². The fraction of sp³-hybridized carbons (Fsp3) is 0.346. The van der Waals surface area contributed by atoms with E-state index < -0.39 is 6.10 Å². The van der Waals surface area contributed by atoms with Gasteiger partial charge in [0.15, 0.2) is 0 Å². The Labute approximate surface area is 204 Å². The van der Waals surface area contributed by atoms with Crippen LogP contribution in [0.25, 0.3) is 5.69 Å². The van der Waals surface area contributed by atoms with Crippen LogP contribution in [-0.4, -0.2) is 65.9 Å². The van der Waals surface area contributed by atoms with Crippen molar-refractivity contribution < 1.29 is 28.1 Å². The molecule has 0 aliphatic carbocycles. The molecule has 1 unspecified atom stereocenters. The van der Waals surface area contributed by atoms with Crippen molar-refractivity contribution in [3.05, 3.63) is 84.1 Å². The molecule has 188 valence electrons. The molecule has 9 heteroatoms. The van der Waals surface area contributed by atoms with Gasteiger partial charge in [0.05, 0.1) is 42.9 Å². The summed E-state index contributed by atoms with van der Waals surface area (Å²) in [4.78, 5) is 2.02. The SMILES string of the molecule is C=CCOCC(O)CN(CCOC)Cc1c(C)nn(-c2ccc(F)cc2)c1Oc1ccc(F)cc1. The Hall–Kier alpha value is -3.11. The Balaban J connectivity index is 1.93. The molecule has 2 aromatic carbocycles. The summed E-state index contributed by atoms with van der Waals surface area (Å²) < 4.78 is 45.4. The fourth-order valence-corrected chi connectivity index (χ4v) is 3.51. The maximum absolute atomic E-state index is 13.5. The van der Waals surface area contributed by atoms with Gasteiger partial charge < -0.3 is 19.3 Å². The van der Waals surface area contributed by atoms with Crippen LogP contribution in [0.5, 0.6) is 11.6 Å². The lowest BCUT2D eigenvalue weighted by Gasteiger charge is -2.25. The van der Waals surface area contributed by atoms with Gasteiger partial charge in [-0.15, -0.1) is 6.58 Å². The van der Waals surface area contributed by atoms with Crippen molar-refractivity contribution in [2.45, 2.75) is 19.6 Å². The molecule has 1 heterocycles. The van der Waals surface area contributed by atoms with Crippen LogP contribution in [0.2, 0.25) is 0 Å². The van der Waals surface area contributed by atoms with Crippen LogP contribution >= 0.6 is 0 Å². The van der Waals surface area contributed by atoms with E-state index in [0.29, 0.717) is 55.9 Å². The van der Waals surface area contributed by atoms with E-state index in [4.69, 9.17) is 14.2 Å². The average molecular weight is 488 g/mol. The van der Waals surface area contributed by atoms with Crippen LogP contribution in [0.3, 0.4) is 0 Å². The van der Waals surface area contributed by atoms with Crippen molar-refractivity contribution >= 4 is 0 Å². The van der Waals surface area contributed by atoms with Gasteiger partial charge in [-0.25, -0.2) is 13.5 Å². The number of hydrogen-bond donors (Lipinski definition) is 1. The number of ether oxygens (including phenoxy) is 3. The fourth-order valence-electron chi connectivity index (χ4n) is 3.51. The van der Waals surface area contributed by atoms with Gasteiger partial charge in [0.1, 0.15) is 17.4 Å². The molecule has 7 nitrogen and oxygen atoms in total. The molecular weight excluding hydrogens is 456 g/mol. The van der Waals surface area contributed by atoms with E-state index in [1.165, 1.54) is 36.4 Å². The number of methoxy groups -OCH3 is 1. The second-order valence-electron chi connectivity index (χ2n) is 8.02. The molecule has 0 aliphatic rings. The third-order valence-corrected chi connectivity index (χ3v) is 5.24. The van der Waals surface area contributed by atoms with E-state index in [9.17, 15) is 13.9 Å². The first-order chi connectivity index (χ1) is 16.9. The highest BCUT2D eigenvalue weighted by Crippen LogP contribution is 2.32. The largest absolute Gasteiger partial charge is 0.439 e. The van der Waals surface area contributed by atoms with E-state index in [-0.39, 0.29) is 18.2 Å². The zero-order valence-electron chi connectivity index (χ0n) is 20.0. The molecular formula is C26H31F2N3O4. The minimum Gasteiger partial charge on any atom is -0.439 e. The molecule has 35 heavy (non-hydrogen) atoms. The number of hydrogen-bond acceptors (Lipinski definition) is 6. The molecule has 0 fully saturated rings. The number of rotatable bonds is 14. The van der Waals surface area contributed by atoms with Crippen LogP contribution < -0.4 is 4.74 Å². The van der Waals surface area contributed by atoms with Crippen LogP contribution in [-0.2, 0) is 16.0 Å². The molecule has 1 atom stereocenters. The quantitative estimate of drug-likeness (QED) is 0.271. The Morgan fingerprint density at radius 2 is 1.77 bits per heavy atom. The highest BCUT2D eigenvalue weighted by atomic mass is 19.1. The van der Waals surface area contributed by atoms with Gasteiger partial charge >= 0.3 is 0 Å². The average Bonchev–Trinajstić information content (AvgIpc) is 3.14. The second-order valence-corrected chi connectivity index (χ2v) is 8.02. The summed E-state index contributed by atoms with van der Waals surface area (Å²) in [6.45, 7) is 7.71. The number of benzene rings is 2. The zero-order valence-corrected chi connectivity index (χ0v) is 20.0. The van der Waals surface area contributed by atoms with Gasteiger partial charge in [0, 0.05) is 26.7 Å². The minimum absolute atomic E-state index is 0.169. The first-order valence-corrected chi connectivity index (χ1v) is 11.3. The third kappa shape index (κ3) is 7.69. The maximum atomic E-state index is 13.5. The van der Waals surface area contributed by atoms with Crippen LogP contribution in [0.4, 0.5) is 8.78 Å². The van der Waals surface area contributed by atoms with Gasteiger partial charge in [-0.2, -0.15) is 5.10 Å². The van der Waals surface area contributed by atoms with Crippen LogP contribution in [0.15, 0.2) is 61.2 Å². The molecule has 0 amide bonds. The van der Waals surface area contributed by atoms with E-state index in [1.54, 1.807) is 30.0 Å². The van der Waals surface area contributed by atoms with E-state index in [2.05, 4.69) is 11.7 Å². The van der Waals surface area contributed by atoms with Gasteiger partial charge in [-0.05, 0) is 55.5 Å². The normalized spacial score (nSPS) is 12.2. The van der Waals surface area contributed by atoms with Crippen molar-refractivity contribution in [1.82, 2.24) is 14.7 Å². The van der Waals surface area contributed by atoms with E-state index in [0.717, 1.165) is 5.56 Å². The van der Waals surface area contributed by atoms with Crippen molar-refractivity contribution in [3.63, 3.8) is 0 Å². The monoisotopic (exact) mass is 487 g/mol. The lowest BCUT2D eigenvalue weighted by molar-refractivity contribution is 0.0192. The number of aromatic nitrogens is 2. The van der Waals surface area contributed by atoms with Crippen molar-refractivity contribution in [2.24, 2.45) is 0 Å². The summed E-state index contributed by atoms with van der Waals surface area (Å²) in [5, 5.41) is 15.1. The number of aliphatic hydroxyl groups is 1. The minimum atomic E-state index is -0.722. The highest BCUT2D eigenvalue weighted by Gasteiger charge is 2.23. The molecule has 0 saturated heterocycles. The standard InChI is InChI=1S/C26H31F2N3O4/c1-4-14-34-18-23(32)16-30(13-15-33-3)17-25-19(2)29-31(22-9-5-20(27)6-10-22)26(25)35-24-11-7-21(28)8-12-24/h4-12,23,32H,1,13-18H2,2-3H3. The lowest BCUT2D eigenvalue weighted by atomic mass is 10.2. The number of halogens is 2. The summed E-state index contributed by atoms with van der Waals surface area (Å²) in [6.07, 6.45) is 0.905. The summed E-state index contributed by atoms with van der Waals surface area (Å²) in [5.74, 6) is 0.106. The van der Waals surface area contributed by atoms with Crippen LogP contribution in [0, 0.1) is 18.6 Å². The molecule has 0 aliphatic heterocycles. The topological polar surface area (TPSA) is 69.0 Å². The number of nitrogens with zero attached hydrogens (tertiary/aromatic N) is 3.